The van der Waals surface area contributed by atoms with Gasteiger partial charge in [0, 0.05) is 24.6 Å². The molecule has 2 amide bonds. The summed E-state index contributed by atoms with van der Waals surface area (Å²) in [6, 6.07) is 9.38. The Kier molecular flexibility index (Phi) is 7.84. The van der Waals surface area contributed by atoms with Gasteiger partial charge < -0.3 is 19.7 Å². The van der Waals surface area contributed by atoms with Crippen molar-refractivity contribution in [2.75, 3.05) is 32.1 Å². The lowest BCUT2D eigenvalue weighted by molar-refractivity contribution is -0.137. The van der Waals surface area contributed by atoms with Crippen LogP contribution in [0, 0.1) is 5.92 Å². The quantitative estimate of drug-likeness (QED) is 0.540. The molecule has 0 aliphatic carbocycles. The van der Waals surface area contributed by atoms with Gasteiger partial charge in [0.2, 0.25) is 0 Å². The third-order valence-corrected chi connectivity index (χ3v) is 5.54. The van der Waals surface area contributed by atoms with E-state index in [1.54, 1.807) is 31.4 Å². The molecule has 1 heterocycles. The highest BCUT2D eigenvalue weighted by Gasteiger charge is 2.32. The van der Waals surface area contributed by atoms with E-state index in [9.17, 15) is 22.8 Å². The zero-order valence-electron chi connectivity index (χ0n) is 18.6. The molecule has 0 bridgehead atoms. The van der Waals surface area contributed by atoms with Gasteiger partial charge in [-0.2, -0.15) is 13.2 Å². The minimum atomic E-state index is -4.54. The summed E-state index contributed by atoms with van der Waals surface area (Å²) in [6.45, 7) is 2.83. The first-order valence-corrected chi connectivity index (χ1v) is 10.8. The van der Waals surface area contributed by atoms with E-state index in [0.29, 0.717) is 50.3 Å². The minimum Gasteiger partial charge on any atom is -0.497 e. The number of Topliss-reactive ketones (excluding diaryl/α,β-unsaturated/α-hetero) is 1. The fourth-order valence-electron chi connectivity index (χ4n) is 3.67. The van der Waals surface area contributed by atoms with Crippen LogP contribution in [0.5, 0.6) is 11.5 Å². The summed E-state index contributed by atoms with van der Waals surface area (Å²) >= 11 is 0. The van der Waals surface area contributed by atoms with Gasteiger partial charge in [-0.25, -0.2) is 4.79 Å². The Hall–Kier alpha value is -3.23. The number of ketones is 1. The fraction of sp³-hybridized carbons (Fsp3) is 0.417. The molecule has 1 aliphatic heterocycles. The second-order valence-electron chi connectivity index (χ2n) is 7.84. The average molecular weight is 464 g/mol. The van der Waals surface area contributed by atoms with Gasteiger partial charge in [-0.15, -0.1) is 0 Å². The Balaban J connectivity index is 1.64. The molecule has 6 nitrogen and oxygen atoms in total. The van der Waals surface area contributed by atoms with Crippen LogP contribution in [0.25, 0.3) is 0 Å². The number of alkyl halides is 3. The maximum absolute atomic E-state index is 13.1. The monoisotopic (exact) mass is 464 g/mol. The Labute approximate surface area is 190 Å². The van der Waals surface area contributed by atoms with E-state index in [1.165, 1.54) is 11.0 Å². The van der Waals surface area contributed by atoms with Crippen LogP contribution in [0.1, 0.15) is 42.1 Å². The number of hydrogen-bond donors (Lipinski definition) is 1. The van der Waals surface area contributed by atoms with Crippen LogP contribution < -0.4 is 14.8 Å². The van der Waals surface area contributed by atoms with Crippen LogP contribution in [0.2, 0.25) is 0 Å². The van der Waals surface area contributed by atoms with Crippen LogP contribution in [0.4, 0.5) is 23.7 Å². The summed E-state index contributed by atoms with van der Waals surface area (Å²) in [4.78, 5) is 27.0. The number of nitrogens with zero attached hydrogens (tertiary/aromatic N) is 1. The highest BCUT2D eigenvalue weighted by molar-refractivity contribution is 5.98. The first kappa shape index (κ1) is 24.4. The fourth-order valence-corrected chi connectivity index (χ4v) is 3.67. The lowest BCUT2D eigenvalue weighted by Crippen LogP contribution is -2.42. The Morgan fingerprint density at radius 3 is 2.33 bits per heavy atom. The van der Waals surface area contributed by atoms with Crippen molar-refractivity contribution in [1.29, 1.82) is 0 Å². The third-order valence-electron chi connectivity index (χ3n) is 5.54. The Morgan fingerprint density at radius 1 is 1.09 bits per heavy atom. The standard InChI is InChI=1S/C24H27F3N2O4/c1-3-14-33-21-9-6-18(24(25,26)27)15-20(21)28-23(31)29-12-10-17(11-13-29)22(30)16-4-7-19(32-2)8-5-16/h4-9,15,17H,3,10-14H2,1-2H3,(H,28,31). The van der Waals surface area contributed by atoms with Crippen LogP contribution in [0.15, 0.2) is 42.5 Å². The number of amides is 2. The highest BCUT2D eigenvalue weighted by atomic mass is 19.4. The largest absolute Gasteiger partial charge is 0.497 e. The van der Waals surface area contributed by atoms with Crippen molar-refractivity contribution < 1.29 is 32.2 Å². The molecule has 2 aromatic rings. The lowest BCUT2D eigenvalue weighted by atomic mass is 9.89. The molecule has 0 saturated carbocycles. The first-order valence-electron chi connectivity index (χ1n) is 10.8. The molecule has 1 aliphatic rings. The van der Waals surface area contributed by atoms with E-state index in [0.717, 1.165) is 12.1 Å². The van der Waals surface area contributed by atoms with Crippen LogP contribution >= 0.6 is 0 Å². The number of carbonyl (C=O) groups is 2. The molecule has 1 N–H and O–H groups in total. The summed E-state index contributed by atoms with van der Waals surface area (Å²) in [5.74, 6) is 0.628. The molecule has 0 radical (unpaired) electrons. The Morgan fingerprint density at radius 2 is 1.76 bits per heavy atom. The zero-order valence-corrected chi connectivity index (χ0v) is 18.6. The Bertz CT molecular complexity index is 969. The lowest BCUT2D eigenvalue weighted by Gasteiger charge is -2.31. The van der Waals surface area contributed by atoms with Gasteiger partial charge >= 0.3 is 12.2 Å². The molecular formula is C24H27F3N2O4. The van der Waals surface area contributed by atoms with Crippen molar-refractivity contribution in [2.24, 2.45) is 5.92 Å². The second-order valence-corrected chi connectivity index (χ2v) is 7.84. The normalized spacial score (nSPS) is 14.6. The number of likely N-dealkylation sites (tertiary alicyclic amines) is 1. The van der Waals surface area contributed by atoms with E-state index in [2.05, 4.69) is 5.32 Å². The number of rotatable bonds is 7. The number of carbonyl (C=O) groups excluding carboxylic acids is 2. The summed E-state index contributed by atoms with van der Waals surface area (Å²) in [7, 11) is 1.55. The number of hydrogen-bond acceptors (Lipinski definition) is 4. The number of urea groups is 1. The molecule has 178 valence electrons. The van der Waals surface area contributed by atoms with E-state index in [1.807, 2.05) is 6.92 Å². The topological polar surface area (TPSA) is 67.9 Å². The van der Waals surface area contributed by atoms with E-state index in [4.69, 9.17) is 9.47 Å². The first-order chi connectivity index (χ1) is 15.7. The minimum absolute atomic E-state index is 0.00541. The predicted molar refractivity (Wildman–Crippen MR) is 118 cm³/mol. The van der Waals surface area contributed by atoms with Crippen molar-refractivity contribution in [3.63, 3.8) is 0 Å². The highest BCUT2D eigenvalue weighted by Crippen LogP contribution is 2.35. The van der Waals surface area contributed by atoms with Gasteiger partial charge in [0.15, 0.2) is 5.78 Å². The number of methoxy groups -OCH3 is 1. The number of ether oxygens (including phenoxy) is 2. The van der Waals surface area contributed by atoms with Crippen molar-refractivity contribution in [1.82, 2.24) is 4.90 Å². The molecule has 0 spiro atoms. The van der Waals surface area contributed by atoms with Crippen LogP contribution in [0.3, 0.4) is 0 Å². The third kappa shape index (κ3) is 6.18. The van der Waals surface area contributed by atoms with Gasteiger partial charge in [0.1, 0.15) is 11.5 Å². The molecule has 1 saturated heterocycles. The maximum Gasteiger partial charge on any atom is 0.416 e. The van der Waals surface area contributed by atoms with Gasteiger partial charge in [0.05, 0.1) is 25.0 Å². The van der Waals surface area contributed by atoms with Gasteiger partial charge in [-0.05, 0) is 61.7 Å². The van der Waals surface area contributed by atoms with Gasteiger partial charge in [-0.3, -0.25) is 4.79 Å². The van der Waals surface area contributed by atoms with E-state index >= 15 is 0 Å². The second kappa shape index (κ2) is 10.6. The van der Waals surface area contributed by atoms with Crippen molar-refractivity contribution in [2.45, 2.75) is 32.4 Å². The van der Waals surface area contributed by atoms with E-state index < -0.39 is 17.8 Å². The zero-order chi connectivity index (χ0) is 24.0. The molecule has 0 atom stereocenters. The number of piperidine rings is 1. The summed E-state index contributed by atoms with van der Waals surface area (Å²) < 4.78 is 50.0. The smallest absolute Gasteiger partial charge is 0.416 e. The molecule has 0 unspecified atom stereocenters. The molecule has 33 heavy (non-hydrogen) atoms. The van der Waals surface area contributed by atoms with Crippen LogP contribution in [-0.2, 0) is 6.18 Å². The average Bonchev–Trinajstić information content (AvgIpc) is 2.82. The van der Waals surface area contributed by atoms with Gasteiger partial charge in [0.25, 0.3) is 0 Å². The van der Waals surface area contributed by atoms with Crippen molar-refractivity contribution in [3.8, 4) is 11.5 Å². The number of benzene rings is 2. The van der Waals surface area contributed by atoms with Crippen molar-refractivity contribution >= 4 is 17.5 Å². The molecule has 3 rings (SSSR count). The predicted octanol–water partition coefficient (Wildman–Crippen LogP) is 5.63. The molecule has 0 aromatic heterocycles. The summed E-state index contributed by atoms with van der Waals surface area (Å²) in [6.07, 6.45) is -2.92. The summed E-state index contributed by atoms with van der Waals surface area (Å²) in [5, 5.41) is 2.55. The van der Waals surface area contributed by atoms with Gasteiger partial charge in [-0.1, -0.05) is 6.92 Å². The summed E-state index contributed by atoms with van der Waals surface area (Å²) in [5.41, 5.74) is -0.314. The molecular weight excluding hydrogens is 437 g/mol. The maximum atomic E-state index is 13.1. The molecule has 2 aromatic carbocycles. The SMILES string of the molecule is CCCOc1ccc(C(F)(F)F)cc1NC(=O)N1CCC(C(=O)c2ccc(OC)cc2)CC1. The van der Waals surface area contributed by atoms with Crippen molar-refractivity contribution in [3.05, 3.63) is 53.6 Å². The van der Waals surface area contributed by atoms with Crippen LogP contribution in [-0.4, -0.2) is 43.5 Å². The molecule has 1 fully saturated rings. The number of nitrogens with one attached hydrogen (secondary N) is 1. The molecule has 9 heteroatoms. The number of halogens is 3. The number of anilines is 1. The van der Waals surface area contributed by atoms with E-state index in [-0.39, 0.29) is 23.1 Å².